The number of non-ortho nitro benzene ring substituents is 1. The van der Waals surface area contributed by atoms with Crippen molar-refractivity contribution in [3.63, 3.8) is 0 Å². The van der Waals surface area contributed by atoms with Crippen molar-refractivity contribution in [2.45, 2.75) is 31.7 Å². The molecule has 0 spiro atoms. The number of rotatable bonds is 4. The van der Waals surface area contributed by atoms with Crippen LogP contribution in [0.2, 0.25) is 0 Å². The molecule has 1 saturated heterocycles. The number of piperidine rings is 1. The Morgan fingerprint density at radius 1 is 1.28 bits per heavy atom. The third-order valence-electron chi connectivity index (χ3n) is 4.71. The number of benzene rings is 1. The molecule has 136 valence electrons. The van der Waals surface area contributed by atoms with Gasteiger partial charge in [0.2, 0.25) is 5.91 Å². The Bertz CT molecular complexity index is 696. The van der Waals surface area contributed by atoms with Crippen molar-refractivity contribution in [3.05, 3.63) is 33.9 Å². The number of hydrogen-bond acceptors (Lipinski definition) is 5. The fraction of sp³-hybridized carbons (Fsp3) is 0.500. The Morgan fingerprint density at radius 2 is 2.04 bits per heavy atom. The number of carbonyl (C=O) groups excluding carboxylic acids is 1. The number of nitrogens with zero attached hydrogens (tertiary/aromatic N) is 3. The van der Waals surface area contributed by atoms with E-state index in [0.29, 0.717) is 31.6 Å². The Morgan fingerprint density at radius 3 is 2.72 bits per heavy atom. The third kappa shape index (κ3) is 3.91. The first-order valence-corrected chi connectivity index (χ1v) is 8.02. The van der Waals surface area contributed by atoms with Crippen LogP contribution in [-0.2, 0) is 16.0 Å². The average Bonchev–Trinajstić information content (AvgIpc) is 2.98. The highest BCUT2D eigenvalue weighted by Gasteiger charge is 2.33. The van der Waals surface area contributed by atoms with Gasteiger partial charge in [0.1, 0.15) is 6.04 Å². The molecule has 0 saturated carbocycles. The van der Waals surface area contributed by atoms with Gasteiger partial charge in [-0.2, -0.15) is 0 Å². The molecule has 1 N–H and O–H groups in total. The van der Waals surface area contributed by atoms with E-state index in [1.165, 1.54) is 17.0 Å². The standard InChI is InChI=1S/C16H19N3O5.ClH/c20-15(10-17-7-2-1-3-13(17)16(21)22)18-8-6-11-4-5-12(19(23)24)9-14(11)18;/h4-5,9,13H,1-3,6-8,10H2,(H,21,22);1H. The summed E-state index contributed by atoms with van der Waals surface area (Å²) in [5.41, 5.74) is 1.43. The van der Waals surface area contributed by atoms with Gasteiger partial charge in [-0.15, -0.1) is 12.4 Å². The van der Waals surface area contributed by atoms with Gasteiger partial charge in [-0.3, -0.25) is 24.6 Å². The molecule has 25 heavy (non-hydrogen) atoms. The minimum atomic E-state index is -0.903. The fourth-order valence-corrected chi connectivity index (χ4v) is 3.46. The van der Waals surface area contributed by atoms with E-state index >= 15 is 0 Å². The summed E-state index contributed by atoms with van der Waals surface area (Å²) >= 11 is 0. The molecule has 1 aromatic rings. The van der Waals surface area contributed by atoms with Crippen LogP contribution in [0.1, 0.15) is 24.8 Å². The predicted octanol–water partition coefficient (Wildman–Crippen LogP) is 1.84. The molecule has 1 unspecified atom stereocenters. The average molecular weight is 370 g/mol. The van der Waals surface area contributed by atoms with E-state index in [-0.39, 0.29) is 30.5 Å². The molecule has 3 rings (SSSR count). The van der Waals surface area contributed by atoms with Crippen LogP contribution in [0.3, 0.4) is 0 Å². The molecule has 0 aromatic heterocycles. The van der Waals surface area contributed by atoms with Gasteiger partial charge >= 0.3 is 5.97 Å². The first-order valence-electron chi connectivity index (χ1n) is 8.02. The number of nitro benzene ring substituents is 1. The van der Waals surface area contributed by atoms with E-state index in [0.717, 1.165) is 18.4 Å². The molecule has 9 heteroatoms. The van der Waals surface area contributed by atoms with Crippen LogP contribution in [0.4, 0.5) is 11.4 Å². The molecule has 2 heterocycles. The smallest absolute Gasteiger partial charge is 0.320 e. The number of carboxylic acid groups (broad SMARTS) is 1. The van der Waals surface area contributed by atoms with Gasteiger partial charge in [-0.25, -0.2) is 0 Å². The lowest BCUT2D eigenvalue weighted by atomic mass is 10.0. The molecular formula is C16H20ClN3O5. The summed E-state index contributed by atoms with van der Waals surface area (Å²) in [7, 11) is 0. The summed E-state index contributed by atoms with van der Waals surface area (Å²) in [6, 6.07) is 3.92. The van der Waals surface area contributed by atoms with Crippen LogP contribution >= 0.6 is 12.4 Å². The SMILES string of the molecule is Cl.O=C(O)C1CCCCN1CC(=O)N1CCc2ccc([N+](=O)[O-])cc21. The molecular weight excluding hydrogens is 350 g/mol. The number of fused-ring (bicyclic) bond motifs is 1. The number of anilines is 1. The predicted molar refractivity (Wildman–Crippen MR) is 93.2 cm³/mol. The summed E-state index contributed by atoms with van der Waals surface area (Å²) in [6.07, 6.45) is 2.92. The van der Waals surface area contributed by atoms with Crippen molar-refractivity contribution < 1.29 is 19.6 Å². The lowest BCUT2D eigenvalue weighted by Crippen LogP contribution is -2.49. The van der Waals surface area contributed by atoms with Crippen molar-refractivity contribution in [3.8, 4) is 0 Å². The fourth-order valence-electron chi connectivity index (χ4n) is 3.46. The third-order valence-corrected chi connectivity index (χ3v) is 4.71. The quantitative estimate of drug-likeness (QED) is 0.641. The minimum absolute atomic E-state index is 0. The first-order chi connectivity index (χ1) is 11.5. The van der Waals surface area contributed by atoms with Crippen LogP contribution in [0.5, 0.6) is 0 Å². The number of carboxylic acids is 1. The highest BCUT2D eigenvalue weighted by molar-refractivity contribution is 5.97. The lowest BCUT2D eigenvalue weighted by molar-refractivity contribution is -0.384. The van der Waals surface area contributed by atoms with E-state index in [2.05, 4.69) is 0 Å². The Balaban J connectivity index is 0.00000225. The van der Waals surface area contributed by atoms with E-state index < -0.39 is 16.9 Å². The maximum Gasteiger partial charge on any atom is 0.320 e. The summed E-state index contributed by atoms with van der Waals surface area (Å²) in [4.78, 5) is 37.7. The molecule has 1 aromatic carbocycles. The topological polar surface area (TPSA) is 104 Å². The van der Waals surface area contributed by atoms with Crippen molar-refractivity contribution >= 4 is 35.7 Å². The van der Waals surface area contributed by atoms with Crippen LogP contribution in [0.15, 0.2) is 18.2 Å². The van der Waals surface area contributed by atoms with Gasteiger partial charge in [-0.05, 0) is 31.4 Å². The Labute approximate surface area is 151 Å². The maximum absolute atomic E-state index is 12.6. The highest BCUT2D eigenvalue weighted by atomic mass is 35.5. The molecule has 2 aliphatic heterocycles. The van der Waals surface area contributed by atoms with Crippen molar-refractivity contribution in [2.75, 3.05) is 24.5 Å². The molecule has 1 amide bonds. The summed E-state index contributed by atoms with van der Waals surface area (Å²) < 4.78 is 0. The van der Waals surface area contributed by atoms with E-state index in [1.54, 1.807) is 11.0 Å². The van der Waals surface area contributed by atoms with Gasteiger partial charge in [-0.1, -0.05) is 12.5 Å². The van der Waals surface area contributed by atoms with Gasteiger partial charge in [0.05, 0.1) is 17.2 Å². The minimum Gasteiger partial charge on any atom is -0.480 e. The van der Waals surface area contributed by atoms with Crippen LogP contribution in [0, 0.1) is 10.1 Å². The maximum atomic E-state index is 12.6. The first kappa shape index (κ1) is 19.1. The number of aliphatic carboxylic acids is 1. The second kappa shape index (κ2) is 7.79. The molecule has 0 radical (unpaired) electrons. The van der Waals surface area contributed by atoms with Crippen LogP contribution in [-0.4, -0.2) is 52.5 Å². The lowest BCUT2D eigenvalue weighted by Gasteiger charge is -2.33. The van der Waals surface area contributed by atoms with Gasteiger partial charge in [0, 0.05) is 18.7 Å². The van der Waals surface area contributed by atoms with E-state index in [4.69, 9.17) is 0 Å². The summed E-state index contributed by atoms with van der Waals surface area (Å²) in [6.45, 7) is 1.08. The van der Waals surface area contributed by atoms with E-state index in [9.17, 15) is 24.8 Å². The molecule has 1 fully saturated rings. The zero-order valence-corrected chi connectivity index (χ0v) is 14.4. The molecule has 1 atom stereocenters. The van der Waals surface area contributed by atoms with Crippen molar-refractivity contribution in [1.29, 1.82) is 0 Å². The zero-order valence-electron chi connectivity index (χ0n) is 13.6. The highest BCUT2D eigenvalue weighted by Crippen LogP contribution is 2.32. The Kier molecular flexibility index (Phi) is 5.97. The number of amides is 1. The molecule has 0 aliphatic carbocycles. The number of nitro groups is 1. The van der Waals surface area contributed by atoms with Crippen molar-refractivity contribution in [2.24, 2.45) is 0 Å². The second-order valence-corrected chi connectivity index (χ2v) is 6.19. The van der Waals surface area contributed by atoms with Crippen molar-refractivity contribution in [1.82, 2.24) is 4.90 Å². The largest absolute Gasteiger partial charge is 0.480 e. The number of likely N-dealkylation sites (tertiary alicyclic amines) is 1. The molecule has 8 nitrogen and oxygen atoms in total. The number of halogens is 1. The number of hydrogen-bond donors (Lipinski definition) is 1. The summed E-state index contributed by atoms with van der Waals surface area (Å²) in [5.74, 6) is -1.11. The molecule has 0 bridgehead atoms. The normalized spacial score (nSPS) is 19.8. The van der Waals surface area contributed by atoms with Gasteiger partial charge in [0.25, 0.3) is 5.69 Å². The zero-order chi connectivity index (χ0) is 17.3. The monoisotopic (exact) mass is 369 g/mol. The van der Waals surface area contributed by atoms with Gasteiger partial charge in [0.15, 0.2) is 0 Å². The van der Waals surface area contributed by atoms with Gasteiger partial charge < -0.3 is 10.0 Å². The number of carbonyl (C=O) groups is 2. The van der Waals surface area contributed by atoms with Crippen LogP contribution in [0.25, 0.3) is 0 Å². The molecule has 2 aliphatic rings. The Hall–Kier alpha value is -2.19. The summed E-state index contributed by atoms with van der Waals surface area (Å²) in [5, 5.41) is 20.2. The second-order valence-electron chi connectivity index (χ2n) is 6.19. The van der Waals surface area contributed by atoms with E-state index in [1.807, 2.05) is 0 Å². The van der Waals surface area contributed by atoms with Crippen LogP contribution < -0.4 is 4.90 Å².